The Labute approximate surface area is 163 Å². The molecule has 2 amide bonds. The van der Waals surface area contributed by atoms with Gasteiger partial charge in [-0.2, -0.15) is 0 Å². The topological polar surface area (TPSA) is 131 Å². The molecule has 27 heavy (non-hydrogen) atoms. The SMILES string of the molecule is CCc1oc(C(C)C)c(C)c1NC(=O)N=S(N)(=O)c1cnc(C(C)(C)O)s1. The lowest BCUT2D eigenvalue weighted by Gasteiger charge is -2.12. The van der Waals surface area contributed by atoms with Crippen molar-refractivity contribution in [3.8, 4) is 0 Å². The van der Waals surface area contributed by atoms with Crippen molar-refractivity contribution in [1.29, 1.82) is 0 Å². The van der Waals surface area contributed by atoms with Crippen LogP contribution in [0.2, 0.25) is 0 Å². The monoisotopic (exact) mass is 414 g/mol. The summed E-state index contributed by atoms with van der Waals surface area (Å²) in [6.45, 7) is 10.9. The predicted octanol–water partition coefficient (Wildman–Crippen LogP) is 3.89. The third-order valence-electron chi connectivity index (χ3n) is 3.85. The second kappa shape index (κ2) is 7.70. The lowest BCUT2D eigenvalue weighted by molar-refractivity contribution is 0.0783. The van der Waals surface area contributed by atoms with Gasteiger partial charge in [-0.25, -0.2) is 19.1 Å². The summed E-state index contributed by atoms with van der Waals surface area (Å²) >= 11 is 0.960. The van der Waals surface area contributed by atoms with Crippen LogP contribution in [0.4, 0.5) is 10.5 Å². The number of carbonyl (C=O) groups excluding carboxylic acids is 1. The average Bonchev–Trinajstić information content (AvgIpc) is 3.13. The first kappa shape index (κ1) is 21.5. The highest BCUT2D eigenvalue weighted by Crippen LogP contribution is 2.33. The highest BCUT2D eigenvalue weighted by Gasteiger charge is 2.24. The molecular weight excluding hydrogens is 388 g/mol. The number of anilines is 1. The summed E-state index contributed by atoms with van der Waals surface area (Å²) in [6.07, 6.45) is 1.86. The number of hydrogen-bond donors (Lipinski definition) is 3. The molecule has 0 bridgehead atoms. The molecule has 2 rings (SSSR count). The Balaban J connectivity index is 2.33. The smallest absolute Gasteiger partial charge is 0.355 e. The van der Waals surface area contributed by atoms with E-state index in [4.69, 9.17) is 9.56 Å². The van der Waals surface area contributed by atoms with Crippen molar-refractivity contribution in [3.63, 3.8) is 0 Å². The number of nitrogens with one attached hydrogen (secondary N) is 1. The van der Waals surface area contributed by atoms with E-state index in [9.17, 15) is 14.1 Å². The summed E-state index contributed by atoms with van der Waals surface area (Å²) in [5.41, 5.74) is 0.153. The molecule has 0 aliphatic rings. The fourth-order valence-electron chi connectivity index (χ4n) is 2.53. The Kier molecular flexibility index (Phi) is 6.15. The summed E-state index contributed by atoms with van der Waals surface area (Å²) in [5.74, 6) is 1.58. The van der Waals surface area contributed by atoms with Crippen molar-refractivity contribution in [2.75, 3.05) is 5.32 Å². The fourth-order valence-corrected chi connectivity index (χ4v) is 4.59. The minimum atomic E-state index is -3.48. The van der Waals surface area contributed by atoms with E-state index in [0.717, 1.165) is 22.7 Å². The molecule has 0 spiro atoms. The first-order valence-corrected chi connectivity index (χ1v) is 10.9. The van der Waals surface area contributed by atoms with Gasteiger partial charge in [0.25, 0.3) is 0 Å². The van der Waals surface area contributed by atoms with Gasteiger partial charge in [-0.3, -0.25) is 0 Å². The number of aryl methyl sites for hydroxylation is 1. The zero-order valence-electron chi connectivity index (χ0n) is 16.3. The number of aromatic nitrogens is 1. The first-order valence-electron chi connectivity index (χ1n) is 8.53. The molecule has 0 aromatic carbocycles. The first-order chi connectivity index (χ1) is 12.4. The van der Waals surface area contributed by atoms with Crippen LogP contribution in [0.3, 0.4) is 0 Å². The van der Waals surface area contributed by atoms with Gasteiger partial charge >= 0.3 is 6.03 Å². The summed E-state index contributed by atoms with van der Waals surface area (Å²) in [5, 5.41) is 18.7. The molecule has 150 valence electrons. The quantitative estimate of drug-likeness (QED) is 0.683. The maximum atomic E-state index is 12.7. The molecule has 0 radical (unpaired) electrons. The van der Waals surface area contributed by atoms with Crippen LogP contribution in [0.25, 0.3) is 0 Å². The van der Waals surface area contributed by atoms with E-state index in [1.54, 1.807) is 13.8 Å². The second-order valence-corrected chi connectivity index (χ2v) is 10.1. The molecule has 0 aliphatic heterocycles. The summed E-state index contributed by atoms with van der Waals surface area (Å²) in [4.78, 5) is 16.4. The van der Waals surface area contributed by atoms with Gasteiger partial charge in [0.2, 0.25) is 0 Å². The van der Waals surface area contributed by atoms with E-state index >= 15 is 0 Å². The lowest BCUT2D eigenvalue weighted by atomic mass is 10.1. The fraction of sp³-hybridized carbons (Fsp3) is 0.529. The van der Waals surface area contributed by atoms with Crippen molar-refractivity contribution in [2.24, 2.45) is 9.50 Å². The van der Waals surface area contributed by atoms with Crippen molar-refractivity contribution in [1.82, 2.24) is 4.98 Å². The minimum absolute atomic E-state index is 0.122. The van der Waals surface area contributed by atoms with E-state index in [1.165, 1.54) is 6.20 Å². The Morgan fingerprint density at radius 1 is 1.52 bits per heavy atom. The molecule has 2 aromatic rings. The highest BCUT2D eigenvalue weighted by atomic mass is 32.2. The number of furan rings is 1. The lowest BCUT2D eigenvalue weighted by Crippen LogP contribution is -2.17. The summed E-state index contributed by atoms with van der Waals surface area (Å²) in [7, 11) is -3.48. The molecule has 0 saturated heterocycles. The average molecular weight is 415 g/mol. The minimum Gasteiger partial charge on any atom is -0.463 e. The van der Waals surface area contributed by atoms with Crippen LogP contribution in [-0.2, 0) is 21.9 Å². The van der Waals surface area contributed by atoms with Crippen molar-refractivity contribution in [2.45, 2.75) is 63.7 Å². The van der Waals surface area contributed by atoms with Crippen molar-refractivity contribution < 1.29 is 18.5 Å². The highest BCUT2D eigenvalue weighted by molar-refractivity contribution is 7.93. The number of thiazole rings is 1. The normalized spacial score (nSPS) is 14.3. The third-order valence-corrected chi connectivity index (χ3v) is 7.04. The van der Waals surface area contributed by atoms with Gasteiger partial charge in [0.15, 0.2) is 9.92 Å². The Morgan fingerprint density at radius 3 is 2.63 bits per heavy atom. The maximum absolute atomic E-state index is 12.7. The molecule has 0 aliphatic carbocycles. The number of nitrogens with two attached hydrogens (primary N) is 1. The number of hydrogen-bond acceptors (Lipinski definition) is 6. The summed E-state index contributed by atoms with van der Waals surface area (Å²) in [6, 6.07) is -0.824. The third kappa shape index (κ3) is 4.75. The van der Waals surface area contributed by atoms with Crippen LogP contribution in [-0.4, -0.2) is 20.3 Å². The molecule has 2 heterocycles. The molecule has 4 N–H and O–H groups in total. The van der Waals surface area contributed by atoms with Crippen molar-refractivity contribution >= 4 is 33.0 Å². The Bertz CT molecular complexity index is 960. The van der Waals surface area contributed by atoms with Crippen LogP contribution in [0.1, 0.15) is 62.6 Å². The second-order valence-electron chi connectivity index (χ2n) is 7.03. The number of aliphatic hydroxyl groups is 1. The molecule has 10 heteroatoms. The zero-order valence-corrected chi connectivity index (χ0v) is 18.0. The molecule has 1 atom stereocenters. The molecule has 0 fully saturated rings. The van der Waals surface area contributed by atoms with Gasteiger partial charge in [0, 0.05) is 17.9 Å². The predicted molar refractivity (Wildman–Crippen MR) is 106 cm³/mol. The van der Waals surface area contributed by atoms with E-state index in [-0.39, 0.29) is 10.1 Å². The number of amides is 2. The van der Waals surface area contributed by atoms with Gasteiger partial charge in [-0.15, -0.1) is 15.7 Å². The number of nitrogens with zero attached hydrogens (tertiary/aromatic N) is 2. The zero-order chi connectivity index (χ0) is 20.6. The molecule has 0 saturated carbocycles. The number of rotatable bonds is 5. The van der Waals surface area contributed by atoms with Gasteiger partial charge in [-0.1, -0.05) is 20.8 Å². The molecule has 2 aromatic heterocycles. The summed E-state index contributed by atoms with van der Waals surface area (Å²) < 4.78 is 22.3. The van der Waals surface area contributed by atoms with Gasteiger partial charge in [-0.05, 0) is 20.8 Å². The van der Waals surface area contributed by atoms with E-state index in [2.05, 4.69) is 14.7 Å². The molecular formula is C17H26N4O4S2. The van der Waals surface area contributed by atoms with E-state index in [1.807, 2.05) is 27.7 Å². The largest absolute Gasteiger partial charge is 0.463 e. The van der Waals surface area contributed by atoms with Gasteiger partial charge < -0.3 is 14.8 Å². The van der Waals surface area contributed by atoms with Crippen LogP contribution in [0.5, 0.6) is 0 Å². The molecule has 8 nitrogen and oxygen atoms in total. The Morgan fingerprint density at radius 2 is 2.15 bits per heavy atom. The van der Waals surface area contributed by atoms with Gasteiger partial charge in [0.1, 0.15) is 26.3 Å². The van der Waals surface area contributed by atoms with Crippen LogP contribution < -0.4 is 10.5 Å². The van der Waals surface area contributed by atoms with Crippen molar-refractivity contribution in [3.05, 3.63) is 28.3 Å². The maximum Gasteiger partial charge on any atom is 0.355 e. The number of urea groups is 1. The molecule has 1 unspecified atom stereocenters. The standard InChI is InChI=1S/C17H26N4O4S2/c1-7-11-13(10(4)14(25-11)9(2)3)20-16(22)21-27(18,24)12-8-19-15(26-12)17(5,6)23/h8-9,23H,7H2,1-6H3,(H3,18,20,21,22,24). The number of carbonyl (C=O) groups is 1. The van der Waals surface area contributed by atoms with Crippen LogP contribution in [0.15, 0.2) is 19.2 Å². The Hall–Kier alpha value is -1.75. The van der Waals surface area contributed by atoms with Crippen LogP contribution >= 0.6 is 11.3 Å². The van der Waals surface area contributed by atoms with E-state index < -0.39 is 21.5 Å². The van der Waals surface area contributed by atoms with Gasteiger partial charge in [0.05, 0.1) is 11.9 Å². The van der Waals surface area contributed by atoms with Crippen LogP contribution in [0, 0.1) is 6.92 Å². The van der Waals surface area contributed by atoms with E-state index in [0.29, 0.717) is 22.9 Å².